The average molecular weight is 250 g/mol. The Labute approximate surface area is 90.4 Å². The monoisotopic (exact) mass is 249 g/mol. The van der Waals surface area contributed by atoms with E-state index in [9.17, 15) is 0 Å². The maximum Gasteiger partial charge on any atom is 0.110 e. The Morgan fingerprint density at radius 3 is 2.50 bits per heavy atom. The van der Waals surface area contributed by atoms with Crippen molar-refractivity contribution in [3.63, 3.8) is 0 Å². The molecule has 0 aliphatic heterocycles. The third kappa shape index (κ3) is 1.80. The lowest BCUT2D eigenvalue weighted by molar-refractivity contribution is 1.10. The Morgan fingerprint density at radius 2 is 1.86 bits per heavy atom. The molecule has 2 heterocycles. The smallest absolute Gasteiger partial charge is 0.110 e. The second-order valence-corrected chi connectivity index (χ2v) is 3.77. The van der Waals surface area contributed by atoms with Crippen LogP contribution >= 0.6 is 15.9 Å². The molecule has 0 fully saturated rings. The summed E-state index contributed by atoms with van der Waals surface area (Å²) in [5, 5.41) is 0. The number of hydrogen-bond donors (Lipinski definition) is 0. The third-order valence-electron chi connectivity index (χ3n) is 1.85. The molecule has 0 spiro atoms. The SMILES string of the molecule is Cc1nccnc1-c1ccc(Br)cn1. The highest BCUT2D eigenvalue weighted by atomic mass is 79.9. The van der Waals surface area contributed by atoms with Gasteiger partial charge in [0.25, 0.3) is 0 Å². The Balaban J connectivity index is 2.50. The van der Waals surface area contributed by atoms with Gasteiger partial charge in [0.05, 0.1) is 11.4 Å². The molecule has 4 heteroatoms. The Hall–Kier alpha value is -1.29. The van der Waals surface area contributed by atoms with Gasteiger partial charge in [-0.15, -0.1) is 0 Å². The number of aryl methyl sites for hydroxylation is 1. The fraction of sp³-hybridized carbons (Fsp3) is 0.100. The number of nitrogens with zero attached hydrogens (tertiary/aromatic N) is 3. The van der Waals surface area contributed by atoms with Crippen molar-refractivity contribution >= 4 is 15.9 Å². The molecule has 3 nitrogen and oxygen atoms in total. The number of hydrogen-bond acceptors (Lipinski definition) is 3. The first-order chi connectivity index (χ1) is 6.77. The van der Waals surface area contributed by atoms with Gasteiger partial charge in [-0.2, -0.15) is 0 Å². The van der Waals surface area contributed by atoms with Crippen LogP contribution in [0.5, 0.6) is 0 Å². The van der Waals surface area contributed by atoms with Crippen molar-refractivity contribution in [1.29, 1.82) is 0 Å². The lowest BCUT2D eigenvalue weighted by Crippen LogP contribution is -1.92. The van der Waals surface area contributed by atoms with E-state index in [1.807, 2.05) is 19.1 Å². The zero-order valence-corrected chi connectivity index (χ0v) is 9.19. The van der Waals surface area contributed by atoms with Gasteiger partial charge in [0.2, 0.25) is 0 Å². The predicted molar refractivity (Wildman–Crippen MR) is 57.7 cm³/mol. The first kappa shape index (κ1) is 9.27. The van der Waals surface area contributed by atoms with Crippen LogP contribution in [0.15, 0.2) is 35.2 Å². The molecule has 0 aromatic carbocycles. The summed E-state index contributed by atoms with van der Waals surface area (Å²) in [6.45, 7) is 1.92. The molecule has 0 radical (unpaired) electrons. The molecule has 0 aliphatic carbocycles. The summed E-state index contributed by atoms with van der Waals surface area (Å²) in [6, 6.07) is 3.86. The van der Waals surface area contributed by atoms with Crippen LogP contribution in [-0.2, 0) is 0 Å². The highest BCUT2D eigenvalue weighted by Gasteiger charge is 2.04. The first-order valence-electron chi connectivity index (χ1n) is 4.17. The van der Waals surface area contributed by atoms with E-state index in [4.69, 9.17) is 0 Å². The van der Waals surface area contributed by atoms with Crippen LogP contribution in [-0.4, -0.2) is 15.0 Å². The predicted octanol–water partition coefficient (Wildman–Crippen LogP) is 2.61. The second-order valence-electron chi connectivity index (χ2n) is 2.85. The molecular weight excluding hydrogens is 242 g/mol. The minimum atomic E-state index is 0.833. The van der Waals surface area contributed by atoms with Crippen molar-refractivity contribution in [2.24, 2.45) is 0 Å². The van der Waals surface area contributed by atoms with Crippen molar-refractivity contribution in [3.05, 3.63) is 40.9 Å². The van der Waals surface area contributed by atoms with E-state index in [0.717, 1.165) is 21.6 Å². The van der Waals surface area contributed by atoms with Crippen molar-refractivity contribution < 1.29 is 0 Å². The minimum absolute atomic E-state index is 0.833. The highest BCUT2D eigenvalue weighted by molar-refractivity contribution is 9.10. The number of rotatable bonds is 1. The van der Waals surface area contributed by atoms with Crippen LogP contribution in [0.25, 0.3) is 11.4 Å². The van der Waals surface area contributed by atoms with E-state index in [0.29, 0.717) is 0 Å². The molecular formula is C10H8BrN3. The molecule has 2 rings (SSSR count). The van der Waals surface area contributed by atoms with Gasteiger partial charge < -0.3 is 0 Å². The van der Waals surface area contributed by atoms with E-state index in [1.54, 1.807) is 18.6 Å². The fourth-order valence-corrected chi connectivity index (χ4v) is 1.41. The number of aromatic nitrogens is 3. The summed E-state index contributed by atoms with van der Waals surface area (Å²) in [7, 11) is 0. The van der Waals surface area contributed by atoms with Gasteiger partial charge >= 0.3 is 0 Å². The molecule has 0 bridgehead atoms. The summed E-state index contributed by atoms with van der Waals surface area (Å²) < 4.78 is 0.961. The zero-order valence-electron chi connectivity index (χ0n) is 7.61. The third-order valence-corrected chi connectivity index (χ3v) is 2.32. The summed E-state index contributed by atoms with van der Waals surface area (Å²) in [5.74, 6) is 0. The van der Waals surface area contributed by atoms with Gasteiger partial charge in [-0.3, -0.25) is 15.0 Å². The first-order valence-corrected chi connectivity index (χ1v) is 4.96. The van der Waals surface area contributed by atoms with Crippen molar-refractivity contribution in [3.8, 4) is 11.4 Å². The molecule has 0 aliphatic rings. The topological polar surface area (TPSA) is 38.7 Å². The van der Waals surface area contributed by atoms with Crippen molar-refractivity contribution in [2.45, 2.75) is 6.92 Å². The maximum absolute atomic E-state index is 4.26. The van der Waals surface area contributed by atoms with E-state index >= 15 is 0 Å². The lowest BCUT2D eigenvalue weighted by atomic mass is 10.2. The van der Waals surface area contributed by atoms with Crippen LogP contribution in [0.4, 0.5) is 0 Å². The van der Waals surface area contributed by atoms with Gasteiger partial charge in [-0.1, -0.05) is 0 Å². The standard InChI is InChI=1S/C10H8BrN3/c1-7-10(13-5-4-12-7)9-3-2-8(11)6-14-9/h2-6H,1H3. The van der Waals surface area contributed by atoms with Crippen LogP contribution in [0.3, 0.4) is 0 Å². The summed E-state index contributed by atoms with van der Waals surface area (Å²) in [5.41, 5.74) is 2.57. The van der Waals surface area contributed by atoms with Crippen LogP contribution in [0.1, 0.15) is 5.69 Å². The van der Waals surface area contributed by atoms with Gasteiger partial charge in [0.15, 0.2) is 0 Å². The van der Waals surface area contributed by atoms with E-state index in [2.05, 4.69) is 30.9 Å². The fourth-order valence-electron chi connectivity index (χ4n) is 1.17. The normalized spacial score (nSPS) is 10.1. The van der Waals surface area contributed by atoms with Gasteiger partial charge in [-0.25, -0.2) is 0 Å². The Kier molecular flexibility index (Phi) is 2.54. The van der Waals surface area contributed by atoms with Gasteiger partial charge in [0.1, 0.15) is 5.69 Å². The molecule has 0 atom stereocenters. The maximum atomic E-state index is 4.26. The number of pyridine rings is 1. The largest absolute Gasteiger partial charge is 0.258 e. The molecule has 2 aromatic rings. The molecule has 2 aromatic heterocycles. The van der Waals surface area contributed by atoms with E-state index in [1.165, 1.54) is 0 Å². The Morgan fingerprint density at radius 1 is 1.07 bits per heavy atom. The van der Waals surface area contributed by atoms with E-state index < -0.39 is 0 Å². The quantitative estimate of drug-likeness (QED) is 0.780. The number of halogens is 1. The molecule has 0 saturated carbocycles. The zero-order chi connectivity index (χ0) is 9.97. The molecule has 0 amide bonds. The van der Waals surface area contributed by atoms with Gasteiger partial charge in [0, 0.05) is 23.1 Å². The van der Waals surface area contributed by atoms with Crippen LogP contribution < -0.4 is 0 Å². The average Bonchev–Trinajstić information content (AvgIpc) is 2.20. The van der Waals surface area contributed by atoms with Crippen LogP contribution in [0, 0.1) is 6.92 Å². The molecule has 14 heavy (non-hydrogen) atoms. The molecule has 0 N–H and O–H groups in total. The summed E-state index contributed by atoms with van der Waals surface area (Å²) in [4.78, 5) is 12.7. The van der Waals surface area contributed by atoms with Crippen LogP contribution in [0.2, 0.25) is 0 Å². The summed E-state index contributed by atoms with van der Waals surface area (Å²) >= 11 is 3.34. The Bertz CT molecular complexity index is 439. The van der Waals surface area contributed by atoms with Gasteiger partial charge in [-0.05, 0) is 35.0 Å². The van der Waals surface area contributed by atoms with Crippen molar-refractivity contribution in [2.75, 3.05) is 0 Å². The molecule has 0 unspecified atom stereocenters. The molecule has 0 saturated heterocycles. The second kappa shape index (κ2) is 3.84. The molecule has 70 valence electrons. The minimum Gasteiger partial charge on any atom is -0.258 e. The van der Waals surface area contributed by atoms with Crippen molar-refractivity contribution in [1.82, 2.24) is 15.0 Å². The van der Waals surface area contributed by atoms with E-state index in [-0.39, 0.29) is 0 Å². The lowest BCUT2D eigenvalue weighted by Gasteiger charge is -2.01. The highest BCUT2D eigenvalue weighted by Crippen LogP contribution is 2.18. The summed E-state index contributed by atoms with van der Waals surface area (Å²) in [6.07, 6.45) is 5.10.